The maximum Gasteiger partial charge on any atom is 0.134 e. The van der Waals surface area contributed by atoms with Gasteiger partial charge in [-0.05, 0) is 28.8 Å². The van der Waals surface area contributed by atoms with Gasteiger partial charge in [-0.1, -0.05) is 78.0 Å². The molecule has 0 aliphatic heterocycles. The molecule has 0 heterocycles. The highest BCUT2D eigenvalue weighted by Crippen LogP contribution is 2.31. The monoisotopic (exact) mass is 370 g/mol. The quantitative estimate of drug-likeness (QED) is 0.518. The first-order valence-electron chi connectivity index (χ1n) is 7.41. The largest absolute Gasteiger partial charge is 0.457 e. The van der Waals surface area contributed by atoms with E-state index in [-0.39, 0.29) is 0 Å². The Morgan fingerprint density at radius 2 is 1.64 bits per heavy atom. The highest BCUT2D eigenvalue weighted by molar-refractivity contribution is 9.10. The van der Waals surface area contributed by atoms with Crippen LogP contribution < -0.4 is 9.92 Å². The number of ether oxygens (including phenoxy) is 1. The Hall–Kier alpha value is -1.58. The fraction of sp³-hybridized carbons (Fsp3) is 0.158. The third kappa shape index (κ3) is 3.11. The fourth-order valence-electron chi connectivity index (χ4n) is 2.59. The van der Waals surface area contributed by atoms with E-state index in [1.165, 1.54) is 16.0 Å². The van der Waals surface area contributed by atoms with Gasteiger partial charge in [-0.2, -0.15) is 0 Å². The Morgan fingerprint density at radius 3 is 2.36 bits per heavy atom. The summed E-state index contributed by atoms with van der Waals surface area (Å²) in [6.45, 7) is 7.06. The zero-order valence-corrected chi connectivity index (χ0v) is 15.6. The van der Waals surface area contributed by atoms with Crippen LogP contribution in [0.15, 0.2) is 65.1 Å². The summed E-state index contributed by atoms with van der Waals surface area (Å²) in [6, 6.07) is 20.9. The predicted molar refractivity (Wildman–Crippen MR) is 101 cm³/mol. The van der Waals surface area contributed by atoms with Crippen LogP contribution in [0.5, 0.6) is 11.5 Å². The molecule has 0 atom stereocenters. The molecule has 0 aromatic heterocycles. The van der Waals surface area contributed by atoms with Crippen molar-refractivity contribution < 1.29 is 4.74 Å². The number of rotatable bonds is 3. The van der Waals surface area contributed by atoms with Gasteiger partial charge < -0.3 is 4.74 Å². The molecule has 22 heavy (non-hydrogen) atoms. The number of fused-ring (bicyclic) bond motifs is 1. The number of benzene rings is 3. The van der Waals surface area contributed by atoms with Crippen LogP contribution in [0, 0.1) is 0 Å². The van der Waals surface area contributed by atoms with Gasteiger partial charge in [0.1, 0.15) is 11.5 Å². The summed E-state index contributed by atoms with van der Waals surface area (Å²) in [6.07, 6.45) is 0. The molecular formula is C19H19BrOSi. The molecule has 0 aliphatic carbocycles. The smallest absolute Gasteiger partial charge is 0.134 e. The summed E-state index contributed by atoms with van der Waals surface area (Å²) in [5.74, 6) is 1.88. The van der Waals surface area contributed by atoms with E-state index in [9.17, 15) is 0 Å². The maximum absolute atomic E-state index is 6.33. The zero-order valence-electron chi connectivity index (χ0n) is 13.1. The van der Waals surface area contributed by atoms with E-state index in [0.717, 1.165) is 16.0 Å². The number of hydrogen-bond donors (Lipinski definition) is 0. The van der Waals surface area contributed by atoms with Crippen molar-refractivity contribution in [3.8, 4) is 11.5 Å². The summed E-state index contributed by atoms with van der Waals surface area (Å²) in [5.41, 5.74) is 0. The highest BCUT2D eigenvalue weighted by Gasteiger charge is 2.23. The Morgan fingerprint density at radius 1 is 0.864 bits per heavy atom. The molecule has 3 heteroatoms. The summed E-state index contributed by atoms with van der Waals surface area (Å²) >= 11 is 3.51. The third-order valence-corrected chi connectivity index (χ3v) is 6.21. The van der Waals surface area contributed by atoms with Gasteiger partial charge in [0.05, 0.1) is 8.07 Å². The number of hydrogen-bond acceptors (Lipinski definition) is 1. The van der Waals surface area contributed by atoms with Crippen molar-refractivity contribution in [1.29, 1.82) is 0 Å². The van der Waals surface area contributed by atoms with Gasteiger partial charge in [-0.3, -0.25) is 0 Å². The van der Waals surface area contributed by atoms with Gasteiger partial charge in [0, 0.05) is 9.86 Å². The van der Waals surface area contributed by atoms with E-state index in [1.54, 1.807) is 0 Å². The first-order valence-corrected chi connectivity index (χ1v) is 11.7. The standard InChI is InChI=1S/C19H19BrOSi/c1-22(2,3)18-12-11-14-7-4-5-10-17(14)19(18)21-16-9-6-8-15(20)13-16/h4-13H,1-3H3. The van der Waals surface area contributed by atoms with Crippen LogP contribution in [-0.4, -0.2) is 8.07 Å². The second-order valence-corrected chi connectivity index (χ2v) is 12.4. The van der Waals surface area contributed by atoms with Gasteiger partial charge in [-0.25, -0.2) is 0 Å². The van der Waals surface area contributed by atoms with Crippen LogP contribution in [0.25, 0.3) is 10.8 Å². The number of halogens is 1. The second-order valence-electron chi connectivity index (χ2n) is 6.47. The molecule has 1 nitrogen and oxygen atoms in total. The van der Waals surface area contributed by atoms with Crippen molar-refractivity contribution in [2.75, 3.05) is 0 Å². The van der Waals surface area contributed by atoms with E-state index < -0.39 is 8.07 Å². The second kappa shape index (κ2) is 5.90. The maximum atomic E-state index is 6.33. The van der Waals surface area contributed by atoms with Crippen LogP contribution >= 0.6 is 15.9 Å². The molecule has 0 fully saturated rings. The molecule has 112 valence electrons. The average Bonchev–Trinajstić information content (AvgIpc) is 2.46. The van der Waals surface area contributed by atoms with E-state index in [1.807, 2.05) is 24.3 Å². The minimum Gasteiger partial charge on any atom is -0.457 e. The molecule has 0 N–H and O–H groups in total. The van der Waals surface area contributed by atoms with Crippen molar-refractivity contribution in [2.45, 2.75) is 19.6 Å². The predicted octanol–water partition coefficient (Wildman–Crippen LogP) is 5.94. The lowest BCUT2D eigenvalue weighted by molar-refractivity contribution is 0.491. The lowest BCUT2D eigenvalue weighted by atomic mass is 10.1. The molecule has 0 saturated carbocycles. The normalized spacial score (nSPS) is 11.6. The van der Waals surface area contributed by atoms with Crippen LogP contribution in [0.4, 0.5) is 0 Å². The van der Waals surface area contributed by atoms with Gasteiger partial charge in [0.25, 0.3) is 0 Å². The molecule has 0 radical (unpaired) electrons. The van der Waals surface area contributed by atoms with Gasteiger partial charge in [-0.15, -0.1) is 0 Å². The molecule has 0 unspecified atom stereocenters. The molecule has 0 spiro atoms. The molecule has 3 aromatic rings. The topological polar surface area (TPSA) is 9.23 Å². The summed E-state index contributed by atoms with van der Waals surface area (Å²) in [7, 11) is -1.50. The van der Waals surface area contributed by atoms with Crippen LogP contribution in [-0.2, 0) is 0 Å². The Bertz CT molecular complexity index is 821. The van der Waals surface area contributed by atoms with E-state index >= 15 is 0 Å². The van der Waals surface area contributed by atoms with E-state index in [4.69, 9.17) is 4.74 Å². The van der Waals surface area contributed by atoms with Crippen LogP contribution in [0.1, 0.15) is 0 Å². The lowest BCUT2D eigenvalue weighted by Gasteiger charge is -2.22. The lowest BCUT2D eigenvalue weighted by Crippen LogP contribution is -2.38. The molecule has 0 bridgehead atoms. The molecule has 0 aliphatic rings. The first kappa shape index (κ1) is 15.3. The molecule has 0 saturated heterocycles. The van der Waals surface area contributed by atoms with Crippen molar-refractivity contribution >= 4 is 40.0 Å². The summed E-state index contributed by atoms with van der Waals surface area (Å²) in [4.78, 5) is 0. The fourth-order valence-corrected chi connectivity index (χ4v) is 4.42. The van der Waals surface area contributed by atoms with Crippen LogP contribution in [0.2, 0.25) is 19.6 Å². The molecular weight excluding hydrogens is 352 g/mol. The molecule has 0 amide bonds. The minimum absolute atomic E-state index is 0.866. The summed E-state index contributed by atoms with van der Waals surface area (Å²) < 4.78 is 7.36. The zero-order chi connectivity index (χ0) is 15.7. The van der Waals surface area contributed by atoms with Crippen LogP contribution in [0.3, 0.4) is 0 Å². The summed E-state index contributed by atoms with van der Waals surface area (Å²) in [5, 5.41) is 3.75. The third-order valence-electron chi connectivity index (χ3n) is 3.70. The van der Waals surface area contributed by atoms with Gasteiger partial charge in [0.15, 0.2) is 0 Å². The van der Waals surface area contributed by atoms with E-state index in [2.05, 4.69) is 72.0 Å². The van der Waals surface area contributed by atoms with E-state index in [0.29, 0.717) is 0 Å². The van der Waals surface area contributed by atoms with Crippen molar-refractivity contribution in [2.24, 2.45) is 0 Å². The van der Waals surface area contributed by atoms with Crippen molar-refractivity contribution in [3.63, 3.8) is 0 Å². The Labute approximate surface area is 141 Å². The van der Waals surface area contributed by atoms with Gasteiger partial charge in [0.2, 0.25) is 0 Å². The Kier molecular flexibility index (Phi) is 4.11. The first-order chi connectivity index (χ1) is 10.4. The molecule has 3 aromatic carbocycles. The van der Waals surface area contributed by atoms with Crippen molar-refractivity contribution in [1.82, 2.24) is 0 Å². The van der Waals surface area contributed by atoms with Crippen molar-refractivity contribution in [3.05, 3.63) is 65.1 Å². The average molecular weight is 371 g/mol. The molecule has 3 rings (SSSR count). The SMILES string of the molecule is C[Si](C)(C)c1ccc2ccccc2c1Oc1cccc(Br)c1. The highest BCUT2D eigenvalue weighted by atomic mass is 79.9. The van der Waals surface area contributed by atoms with Gasteiger partial charge >= 0.3 is 0 Å². The minimum atomic E-state index is -1.50. The Balaban J connectivity index is 2.20.